The summed E-state index contributed by atoms with van der Waals surface area (Å²) in [6.07, 6.45) is 0. The summed E-state index contributed by atoms with van der Waals surface area (Å²) in [4.78, 5) is 0. The van der Waals surface area contributed by atoms with Gasteiger partial charge >= 0.3 is 0 Å². The molecule has 0 aromatic carbocycles. The predicted octanol–water partition coefficient (Wildman–Crippen LogP) is 10.7. The fraction of sp³-hybridized carbons (Fsp3) is 1.00. The maximum Gasteiger partial charge on any atom is 0.242 e. The van der Waals surface area contributed by atoms with Crippen LogP contribution in [0.2, 0.25) is 41.8 Å². The first-order valence-corrected chi connectivity index (χ1v) is 25.0. The summed E-state index contributed by atoms with van der Waals surface area (Å²) in [7, 11) is -5.45. The van der Waals surface area contributed by atoms with Crippen LogP contribution in [0, 0.1) is 0 Å². The van der Waals surface area contributed by atoms with Crippen LogP contribution in [0.1, 0.15) is 145 Å². The van der Waals surface area contributed by atoms with Crippen molar-refractivity contribution in [2.75, 3.05) is 0 Å². The predicted molar refractivity (Wildman–Crippen MR) is 181 cm³/mol. The Morgan fingerprint density at radius 1 is 0.447 bits per heavy atom. The third-order valence-electron chi connectivity index (χ3n) is 8.85. The van der Waals surface area contributed by atoms with E-state index in [1.807, 2.05) is 0 Å². The normalized spacial score (nSPS) is 19.0. The molecule has 1 rings (SSSR count). The fourth-order valence-corrected chi connectivity index (χ4v) is 59.1. The van der Waals surface area contributed by atoms with Gasteiger partial charge in [0.1, 0.15) is 0 Å². The fourth-order valence-electron chi connectivity index (χ4n) is 8.40. The molecule has 9 heteroatoms. The lowest BCUT2D eigenvalue weighted by atomic mass is 10.2. The zero-order valence-electron chi connectivity index (χ0n) is 29.8. The van der Waals surface area contributed by atoms with E-state index in [4.69, 9.17) is 10.4 Å². The van der Waals surface area contributed by atoms with Crippen molar-refractivity contribution >= 4 is 42.0 Å². The van der Waals surface area contributed by atoms with Crippen molar-refractivity contribution in [3.8, 4) is 0 Å². The van der Waals surface area contributed by atoms with Gasteiger partial charge in [-0.1, -0.05) is 156 Å². The van der Waals surface area contributed by atoms with E-state index in [-0.39, 0.29) is 35.3 Å². The Hall–Kier alpha value is 0.284. The Balaban J connectivity index is 4.53. The van der Waals surface area contributed by atoms with Gasteiger partial charge in [0.25, 0.3) is 0 Å². The molecule has 222 valence electrons. The van der Waals surface area contributed by atoms with Gasteiger partial charge < -0.3 is 8.68 Å². The third kappa shape index (κ3) is 6.07. The lowest BCUT2D eigenvalue weighted by molar-refractivity contribution is 0.436. The second kappa shape index (κ2) is 9.94. The molecule has 4 nitrogen and oxygen atoms in total. The van der Waals surface area contributed by atoms with Gasteiger partial charge in [-0.05, 0) is 41.8 Å². The van der Waals surface area contributed by atoms with E-state index >= 15 is 0 Å². The van der Waals surface area contributed by atoms with Crippen molar-refractivity contribution in [2.24, 2.45) is 10.4 Å². The molecule has 38 heavy (non-hydrogen) atoms. The van der Waals surface area contributed by atoms with Crippen molar-refractivity contribution in [3.63, 3.8) is 0 Å². The van der Waals surface area contributed by atoms with Crippen molar-refractivity contribution in [3.05, 3.63) is 0 Å². The lowest BCUT2D eigenvalue weighted by Gasteiger charge is -2.67. The molecule has 0 atom stereocenters. The Morgan fingerprint density at radius 2 is 0.711 bits per heavy atom. The first kappa shape index (κ1) is 36.3. The molecule has 0 saturated heterocycles. The van der Waals surface area contributed by atoms with Gasteiger partial charge in [0.2, 0.25) is 7.43 Å². The Bertz CT molecular complexity index is 800. The second-order valence-corrected chi connectivity index (χ2v) is 44.9. The summed E-state index contributed by atoms with van der Waals surface area (Å²) in [5.74, 6) is 0. The van der Waals surface area contributed by atoms with E-state index in [2.05, 4.69) is 161 Å². The van der Waals surface area contributed by atoms with E-state index in [1.54, 1.807) is 0 Å². The van der Waals surface area contributed by atoms with E-state index in [0.29, 0.717) is 0 Å². The van der Waals surface area contributed by atoms with Gasteiger partial charge in [0.05, 0.1) is 18.1 Å². The van der Waals surface area contributed by atoms with Crippen LogP contribution in [0.5, 0.6) is 0 Å². The molecular weight excluding hydrogens is 545 g/mol. The average Bonchev–Trinajstić information content (AvgIpc) is 2.82. The van der Waals surface area contributed by atoms with Crippen LogP contribution in [-0.4, -0.2) is 50.7 Å². The summed E-state index contributed by atoms with van der Waals surface area (Å²) in [5.41, 5.74) is 0. The molecule has 0 aliphatic carbocycles. The van der Waals surface area contributed by atoms with E-state index in [0.717, 1.165) is 18.1 Å². The van der Waals surface area contributed by atoms with Crippen LogP contribution in [-0.2, 0) is 0 Å². The molecule has 0 amide bonds. The quantitative estimate of drug-likeness (QED) is 0.296. The summed E-state index contributed by atoms with van der Waals surface area (Å²) < 4.78 is 5.77. The van der Waals surface area contributed by atoms with Gasteiger partial charge in [-0.25, -0.2) is 0 Å². The molecule has 0 aromatic heterocycles. The standard InChI is InChI=1S/C29H66N4Si5/c1-23(2,3)34-38(35-24(4,5)6)32(36(22,25(7,8)9)26(10,11)12)30-31-33(38)37(27(13,14)15,28(16,17)18)29(19,20)21/h1-22H3. The van der Waals surface area contributed by atoms with Crippen molar-refractivity contribution in [1.29, 1.82) is 0 Å². The maximum absolute atomic E-state index is 5.56. The van der Waals surface area contributed by atoms with E-state index < -0.39 is 23.9 Å². The highest BCUT2D eigenvalue weighted by molar-refractivity contribution is 7.52. The lowest BCUT2D eigenvalue weighted by Crippen LogP contribution is -2.85. The van der Waals surface area contributed by atoms with Gasteiger partial charge in [-0.2, -0.15) is 0 Å². The van der Waals surface area contributed by atoms with Gasteiger partial charge in [0.15, 0.2) is 16.5 Å². The molecular formula is C29H66N4Si5. The number of rotatable bonds is 4. The van der Waals surface area contributed by atoms with Gasteiger partial charge in [-0.15, -0.1) is 0 Å². The first-order chi connectivity index (χ1) is 16.1. The topological polar surface area (TPSA) is 31.2 Å². The Morgan fingerprint density at radius 3 is 0.921 bits per heavy atom. The molecule has 0 aromatic rings. The van der Waals surface area contributed by atoms with Crippen LogP contribution in [0.4, 0.5) is 0 Å². The summed E-state index contributed by atoms with van der Waals surface area (Å²) in [6.45, 7) is 55.2. The zero-order valence-corrected chi connectivity index (χ0v) is 34.8. The molecule has 4 radical (unpaired) electrons. The maximum atomic E-state index is 5.56. The molecule has 0 fully saturated rings. The van der Waals surface area contributed by atoms with Gasteiger partial charge in [0, 0.05) is 0 Å². The molecule has 0 spiro atoms. The molecule has 1 aliphatic heterocycles. The monoisotopic (exact) mass is 610 g/mol. The van der Waals surface area contributed by atoms with Crippen LogP contribution < -0.4 is 0 Å². The zero-order chi connectivity index (χ0) is 31.0. The minimum Gasteiger partial charge on any atom is -0.316 e. The van der Waals surface area contributed by atoms with Crippen LogP contribution in [0.25, 0.3) is 0 Å². The minimum atomic E-state index is -2.47. The highest BCUT2D eigenvalue weighted by Gasteiger charge is 2.74. The number of hydrogen-bond donors (Lipinski definition) is 0. The molecule has 1 aliphatic rings. The summed E-state index contributed by atoms with van der Waals surface area (Å²) in [6, 6.07) is 0. The summed E-state index contributed by atoms with van der Waals surface area (Å²) >= 11 is 0. The minimum absolute atomic E-state index is 0.114. The largest absolute Gasteiger partial charge is 0.316 e. The van der Waals surface area contributed by atoms with E-state index in [1.165, 1.54) is 0 Å². The number of nitrogens with zero attached hydrogens (tertiary/aromatic N) is 4. The van der Waals surface area contributed by atoms with Crippen molar-refractivity contribution in [2.45, 2.75) is 187 Å². The molecule has 0 unspecified atom stereocenters. The first-order valence-electron chi connectivity index (χ1n) is 14.7. The Labute approximate surface area is 247 Å². The molecule has 0 bridgehead atoms. The average molecular weight is 611 g/mol. The van der Waals surface area contributed by atoms with Crippen LogP contribution in [0.3, 0.4) is 0 Å². The van der Waals surface area contributed by atoms with Crippen molar-refractivity contribution < 1.29 is 0 Å². The molecule has 1 heterocycles. The molecule has 0 saturated carbocycles. The van der Waals surface area contributed by atoms with Crippen molar-refractivity contribution in [1.82, 2.24) is 8.68 Å². The molecule has 0 N–H and O–H groups in total. The van der Waals surface area contributed by atoms with E-state index in [9.17, 15) is 0 Å². The highest BCUT2D eigenvalue weighted by Crippen LogP contribution is 2.67. The highest BCUT2D eigenvalue weighted by atomic mass is 29.6. The Kier molecular flexibility index (Phi) is 9.50. The second-order valence-electron chi connectivity index (χ2n) is 19.3. The smallest absolute Gasteiger partial charge is 0.242 e. The van der Waals surface area contributed by atoms with Gasteiger partial charge in [-0.3, -0.25) is 0 Å². The van der Waals surface area contributed by atoms with Crippen LogP contribution >= 0.6 is 0 Å². The summed E-state index contributed by atoms with van der Waals surface area (Å²) in [5, 5.41) is 12.1. The number of hydrogen-bond acceptors (Lipinski definition) is 4. The third-order valence-corrected chi connectivity index (χ3v) is 44.8. The van der Waals surface area contributed by atoms with Crippen LogP contribution in [0.15, 0.2) is 10.4 Å². The SMILES string of the molecule is CC(C)(C)[Si][Si]1([Si]C(C)(C)C)N([Si](C)(C(C)(C)C)C(C)(C)C)N=NN1[Si](C(C)(C)C)(C(C)(C)C)C(C)(C)C.